The van der Waals surface area contributed by atoms with E-state index in [0.717, 1.165) is 9.13 Å². The van der Waals surface area contributed by atoms with Crippen LogP contribution < -0.4 is 0 Å². The molecule has 0 amide bonds. The summed E-state index contributed by atoms with van der Waals surface area (Å²) in [5.41, 5.74) is 1.95. The standard InChI is InChI=1S/C17H11ClINO3/c18-12-7-5-11(6-8-12)16-9-13(20-23-16)10-22-17(21)14-3-1-2-4-15(14)19/h1-9H,10H2. The minimum atomic E-state index is -0.383. The van der Waals surface area contributed by atoms with Gasteiger partial charge in [-0.25, -0.2) is 4.79 Å². The summed E-state index contributed by atoms with van der Waals surface area (Å²) in [5, 5.41) is 4.57. The summed E-state index contributed by atoms with van der Waals surface area (Å²) in [5.74, 6) is 0.216. The van der Waals surface area contributed by atoms with E-state index >= 15 is 0 Å². The highest BCUT2D eigenvalue weighted by molar-refractivity contribution is 14.1. The second-order valence-corrected chi connectivity index (χ2v) is 6.34. The van der Waals surface area contributed by atoms with Crippen molar-refractivity contribution in [1.82, 2.24) is 5.16 Å². The summed E-state index contributed by atoms with van der Waals surface area (Å²) in [6.07, 6.45) is 0. The third-order valence-corrected chi connectivity index (χ3v) is 4.33. The number of aromatic nitrogens is 1. The van der Waals surface area contributed by atoms with E-state index in [9.17, 15) is 4.79 Å². The number of hydrogen-bond acceptors (Lipinski definition) is 4. The number of rotatable bonds is 4. The van der Waals surface area contributed by atoms with Crippen LogP contribution in [0.25, 0.3) is 11.3 Å². The Morgan fingerprint density at radius 2 is 1.91 bits per heavy atom. The van der Waals surface area contributed by atoms with Crippen LogP contribution in [0.5, 0.6) is 0 Å². The van der Waals surface area contributed by atoms with Gasteiger partial charge in [0.15, 0.2) is 5.76 Å². The third kappa shape index (κ3) is 3.92. The lowest BCUT2D eigenvalue weighted by Gasteiger charge is -2.04. The summed E-state index contributed by atoms with van der Waals surface area (Å²) in [6.45, 7) is 0.0564. The molecule has 3 aromatic rings. The smallest absolute Gasteiger partial charge is 0.339 e. The fraction of sp³-hybridized carbons (Fsp3) is 0.0588. The number of halogens is 2. The summed E-state index contributed by atoms with van der Waals surface area (Å²) in [6, 6.07) is 16.2. The van der Waals surface area contributed by atoms with Crippen LogP contribution in [0.1, 0.15) is 16.1 Å². The molecule has 2 aromatic carbocycles. The van der Waals surface area contributed by atoms with Crippen molar-refractivity contribution in [2.45, 2.75) is 6.61 Å². The Bertz CT molecular complexity index is 830. The largest absolute Gasteiger partial charge is 0.455 e. The van der Waals surface area contributed by atoms with Crippen LogP contribution in [0.3, 0.4) is 0 Å². The van der Waals surface area contributed by atoms with Crippen LogP contribution in [0.15, 0.2) is 59.1 Å². The van der Waals surface area contributed by atoms with Crippen LogP contribution in [0, 0.1) is 3.57 Å². The van der Waals surface area contributed by atoms with E-state index in [1.807, 2.05) is 24.3 Å². The molecule has 0 saturated heterocycles. The second-order valence-electron chi connectivity index (χ2n) is 4.75. The zero-order valence-electron chi connectivity index (χ0n) is 11.8. The normalized spacial score (nSPS) is 10.5. The summed E-state index contributed by atoms with van der Waals surface area (Å²) in [4.78, 5) is 12.1. The molecule has 0 unspecified atom stereocenters. The molecule has 0 aliphatic heterocycles. The van der Waals surface area contributed by atoms with Gasteiger partial charge in [-0.1, -0.05) is 28.9 Å². The van der Waals surface area contributed by atoms with Gasteiger partial charge in [0.1, 0.15) is 12.3 Å². The Balaban J connectivity index is 1.67. The van der Waals surface area contributed by atoms with Crippen molar-refractivity contribution in [3.63, 3.8) is 0 Å². The lowest BCUT2D eigenvalue weighted by molar-refractivity contribution is 0.0463. The highest BCUT2D eigenvalue weighted by Crippen LogP contribution is 2.22. The SMILES string of the molecule is O=C(OCc1cc(-c2ccc(Cl)cc2)on1)c1ccccc1I. The molecule has 4 nitrogen and oxygen atoms in total. The van der Waals surface area contributed by atoms with Gasteiger partial charge in [-0.05, 0) is 59.0 Å². The molecule has 0 bridgehead atoms. The molecule has 23 heavy (non-hydrogen) atoms. The van der Waals surface area contributed by atoms with Gasteiger partial charge >= 0.3 is 5.97 Å². The van der Waals surface area contributed by atoms with E-state index in [0.29, 0.717) is 22.0 Å². The average molecular weight is 440 g/mol. The van der Waals surface area contributed by atoms with E-state index in [4.69, 9.17) is 20.9 Å². The van der Waals surface area contributed by atoms with E-state index in [1.165, 1.54) is 0 Å². The summed E-state index contributed by atoms with van der Waals surface area (Å²) in [7, 11) is 0. The minimum absolute atomic E-state index is 0.0564. The molecule has 0 atom stereocenters. The molecule has 0 fully saturated rings. The van der Waals surface area contributed by atoms with Crippen LogP contribution in [-0.2, 0) is 11.3 Å². The Morgan fingerprint density at radius 3 is 2.65 bits per heavy atom. The quantitative estimate of drug-likeness (QED) is 0.426. The molecule has 0 aliphatic carbocycles. The van der Waals surface area contributed by atoms with Crippen molar-refractivity contribution in [3.8, 4) is 11.3 Å². The van der Waals surface area contributed by atoms with Crippen molar-refractivity contribution < 1.29 is 14.1 Å². The minimum Gasteiger partial charge on any atom is -0.455 e. The third-order valence-electron chi connectivity index (χ3n) is 3.13. The van der Waals surface area contributed by atoms with Crippen molar-refractivity contribution in [2.75, 3.05) is 0 Å². The van der Waals surface area contributed by atoms with Crippen molar-refractivity contribution >= 4 is 40.2 Å². The maximum absolute atomic E-state index is 12.1. The number of nitrogens with zero attached hydrogens (tertiary/aromatic N) is 1. The molecule has 0 saturated carbocycles. The maximum atomic E-state index is 12.1. The Morgan fingerprint density at radius 1 is 1.17 bits per heavy atom. The van der Waals surface area contributed by atoms with Crippen LogP contribution in [0.4, 0.5) is 0 Å². The first-order chi connectivity index (χ1) is 11.1. The van der Waals surface area contributed by atoms with Gasteiger partial charge in [-0.3, -0.25) is 0 Å². The number of ether oxygens (including phenoxy) is 1. The lowest BCUT2D eigenvalue weighted by Crippen LogP contribution is -2.07. The zero-order chi connectivity index (χ0) is 16.2. The number of esters is 1. The number of hydrogen-bond donors (Lipinski definition) is 0. The number of carbonyl (C=O) groups is 1. The molecule has 3 rings (SSSR count). The first kappa shape index (κ1) is 16.0. The van der Waals surface area contributed by atoms with Crippen molar-refractivity contribution in [3.05, 3.63) is 74.4 Å². The van der Waals surface area contributed by atoms with E-state index in [-0.39, 0.29) is 12.6 Å². The highest BCUT2D eigenvalue weighted by atomic mass is 127. The van der Waals surface area contributed by atoms with E-state index in [2.05, 4.69) is 27.7 Å². The molecular formula is C17H11ClINO3. The first-order valence-electron chi connectivity index (χ1n) is 6.76. The molecular weight excluding hydrogens is 429 g/mol. The maximum Gasteiger partial charge on any atom is 0.339 e. The van der Waals surface area contributed by atoms with Gasteiger partial charge in [0.2, 0.25) is 0 Å². The molecule has 0 spiro atoms. The molecule has 1 aromatic heterocycles. The molecule has 1 heterocycles. The second kappa shape index (κ2) is 7.14. The molecule has 0 aliphatic rings. The molecule has 0 radical (unpaired) electrons. The van der Waals surface area contributed by atoms with Gasteiger partial charge in [0.05, 0.1) is 5.56 Å². The van der Waals surface area contributed by atoms with Gasteiger partial charge < -0.3 is 9.26 Å². The predicted molar refractivity (Wildman–Crippen MR) is 95.2 cm³/mol. The van der Waals surface area contributed by atoms with Crippen molar-refractivity contribution in [2.24, 2.45) is 0 Å². The topological polar surface area (TPSA) is 52.3 Å². The fourth-order valence-corrected chi connectivity index (χ4v) is 2.71. The summed E-state index contributed by atoms with van der Waals surface area (Å²) < 4.78 is 11.4. The zero-order valence-corrected chi connectivity index (χ0v) is 14.7. The average Bonchev–Trinajstić information content (AvgIpc) is 3.03. The Hall–Kier alpha value is -1.86. The van der Waals surface area contributed by atoms with Crippen molar-refractivity contribution in [1.29, 1.82) is 0 Å². The van der Waals surface area contributed by atoms with Gasteiger partial charge in [0.25, 0.3) is 0 Å². The van der Waals surface area contributed by atoms with Crippen LogP contribution in [0.2, 0.25) is 5.02 Å². The van der Waals surface area contributed by atoms with Gasteiger partial charge in [0, 0.05) is 20.2 Å². The van der Waals surface area contributed by atoms with Crippen LogP contribution in [-0.4, -0.2) is 11.1 Å². The Labute approximate surface area is 151 Å². The monoisotopic (exact) mass is 439 g/mol. The predicted octanol–water partition coefficient (Wildman–Crippen LogP) is 4.96. The molecule has 6 heteroatoms. The number of carbonyl (C=O) groups excluding carboxylic acids is 1. The van der Waals surface area contributed by atoms with Crippen LogP contribution >= 0.6 is 34.2 Å². The summed E-state index contributed by atoms with van der Waals surface area (Å²) >= 11 is 7.95. The Kier molecular flexibility index (Phi) is 4.97. The fourth-order valence-electron chi connectivity index (χ4n) is 1.97. The van der Waals surface area contributed by atoms with E-state index in [1.54, 1.807) is 30.3 Å². The lowest BCUT2D eigenvalue weighted by atomic mass is 10.2. The first-order valence-corrected chi connectivity index (χ1v) is 8.22. The molecule has 0 N–H and O–H groups in total. The highest BCUT2D eigenvalue weighted by Gasteiger charge is 2.13. The van der Waals surface area contributed by atoms with Gasteiger partial charge in [-0.2, -0.15) is 0 Å². The number of benzene rings is 2. The van der Waals surface area contributed by atoms with Gasteiger partial charge in [-0.15, -0.1) is 0 Å². The molecule has 116 valence electrons. The van der Waals surface area contributed by atoms with E-state index < -0.39 is 0 Å².